The number of benzene rings is 2. The van der Waals surface area contributed by atoms with Crippen LogP contribution in [0, 0.1) is 15.5 Å². The molecule has 0 radical (unpaired) electrons. The zero-order valence-electron chi connectivity index (χ0n) is 21.5. The quantitative estimate of drug-likeness (QED) is 0.318. The highest BCUT2D eigenvalue weighted by molar-refractivity contribution is 6.04. The molecule has 37 heavy (non-hydrogen) atoms. The summed E-state index contributed by atoms with van der Waals surface area (Å²) < 4.78 is 16.6. The van der Waals surface area contributed by atoms with Crippen LogP contribution in [0.25, 0.3) is 0 Å². The van der Waals surface area contributed by atoms with Crippen LogP contribution < -0.4 is 14.8 Å². The van der Waals surface area contributed by atoms with Gasteiger partial charge in [-0.15, -0.1) is 0 Å². The molecule has 1 aliphatic carbocycles. The number of dihydropyridines is 1. The first kappa shape index (κ1) is 25.9. The van der Waals surface area contributed by atoms with E-state index in [4.69, 9.17) is 14.2 Å². The summed E-state index contributed by atoms with van der Waals surface area (Å²) in [6, 6.07) is 11.4. The first-order chi connectivity index (χ1) is 17.5. The van der Waals surface area contributed by atoms with Crippen LogP contribution in [0.1, 0.15) is 50.7 Å². The summed E-state index contributed by atoms with van der Waals surface area (Å²) in [5, 5.41) is 14.2. The molecule has 1 N–H and O–H groups in total. The number of rotatable bonds is 7. The maximum absolute atomic E-state index is 13.4. The van der Waals surface area contributed by atoms with E-state index in [1.54, 1.807) is 24.3 Å². The summed E-state index contributed by atoms with van der Waals surface area (Å²) in [5.74, 6) is -0.216. The van der Waals surface area contributed by atoms with Crippen molar-refractivity contribution in [2.75, 3.05) is 14.2 Å². The Hall–Kier alpha value is -4.14. The van der Waals surface area contributed by atoms with Crippen LogP contribution in [0.2, 0.25) is 0 Å². The highest BCUT2D eigenvalue weighted by Gasteiger charge is 2.43. The molecule has 2 aromatic rings. The van der Waals surface area contributed by atoms with Crippen molar-refractivity contribution < 1.29 is 28.7 Å². The molecule has 1 heterocycles. The van der Waals surface area contributed by atoms with Gasteiger partial charge in [0.25, 0.3) is 5.69 Å². The Morgan fingerprint density at radius 3 is 2.43 bits per heavy atom. The number of Topliss-reactive ketones (excluding diaryl/α,β-unsaturated/α-hetero) is 1. The fourth-order valence-electron chi connectivity index (χ4n) is 5.01. The maximum Gasteiger partial charge on any atom is 0.336 e. The van der Waals surface area contributed by atoms with Gasteiger partial charge in [0.15, 0.2) is 17.3 Å². The molecule has 0 amide bonds. The first-order valence-corrected chi connectivity index (χ1v) is 11.9. The maximum atomic E-state index is 13.4. The van der Waals surface area contributed by atoms with Crippen molar-refractivity contribution in [3.05, 3.63) is 86.2 Å². The lowest BCUT2D eigenvalue weighted by atomic mass is 9.68. The minimum atomic E-state index is -0.607. The lowest BCUT2D eigenvalue weighted by molar-refractivity contribution is -0.384. The van der Waals surface area contributed by atoms with Crippen LogP contribution in [0.5, 0.6) is 11.5 Å². The molecule has 9 nitrogen and oxygen atoms in total. The highest BCUT2D eigenvalue weighted by atomic mass is 16.6. The third-order valence-electron chi connectivity index (χ3n) is 6.71. The zero-order chi connectivity index (χ0) is 26.9. The molecule has 2 aliphatic rings. The monoisotopic (exact) mass is 506 g/mol. The molecular formula is C28H30N2O7. The number of ether oxygens (including phenoxy) is 3. The second-order valence-corrected chi connectivity index (χ2v) is 10.0. The Kier molecular flexibility index (Phi) is 7.07. The number of carbonyl (C=O) groups is 2. The molecule has 1 atom stereocenters. The number of esters is 1. The molecule has 194 valence electrons. The number of nitrogens with one attached hydrogen (secondary N) is 1. The van der Waals surface area contributed by atoms with Gasteiger partial charge >= 0.3 is 5.97 Å². The molecule has 9 heteroatoms. The van der Waals surface area contributed by atoms with E-state index in [0.717, 1.165) is 11.3 Å². The van der Waals surface area contributed by atoms with Crippen LogP contribution in [-0.4, -0.2) is 30.9 Å². The van der Waals surface area contributed by atoms with Gasteiger partial charge in [0.2, 0.25) is 0 Å². The van der Waals surface area contributed by atoms with Gasteiger partial charge in [-0.3, -0.25) is 14.9 Å². The molecule has 0 saturated carbocycles. The van der Waals surface area contributed by atoms with E-state index >= 15 is 0 Å². The van der Waals surface area contributed by atoms with Gasteiger partial charge in [-0.05, 0) is 54.2 Å². The van der Waals surface area contributed by atoms with Gasteiger partial charge in [-0.25, -0.2) is 4.79 Å². The third-order valence-corrected chi connectivity index (χ3v) is 6.71. The van der Waals surface area contributed by atoms with Gasteiger partial charge in [-0.1, -0.05) is 19.9 Å². The molecule has 2 aromatic carbocycles. The summed E-state index contributed by atoms with van der Waals surface area (Å²) in [6.45, 7) is 6.10. The second kappa shape index (κ2) is 10.1. The molecule has 0 aromatic heterocycles. The van der Waals surface area contributed by atoms with Crippen LogP contribution in [0.15, 0.2) is 65.0 Å². The predicted molar refractivity (Wildman–Crippen MR) is 136 cm³/mol. The lowest BCUT2D eigenvalue weighted by Gasteiger charge is -2.39. The van der Waals surface area contributed by atoms with Crippen molar-refractivity contribution in [3.8, 4) is 11.5 Å². The molecule has 4 rings (SSSR count). The molecule has 0 bridgehead atoms. The standard InChI is InChI=1S/C28H30N2O7/c1-16-24(27(32)36-5)25(26-20(29-16)13-28(2,3)14-21(26)31)18-8-11-22(23(12-18)35-4)37-15-17-6-9-19(10-7-17)30(33)34/h6-12,25,29H,13-15H2,1-5H3/t25-/m1/s1. The van der Waals surface area contributed by atoms with Gasteiger partial charge < -0.3 is 19.5 Å². The Bertz CT molecular complexity index is 1320. The van der Waals surface area contributed by atoms with Gasteiger partial charge in [-0.2, -0.15) is 0 Å². The fourth-order valence-corrected chi connectivity index (χ4v) is 5.01. The molecular weight excluding hydrogens is 476 g/mol. The van der Waals surface area contributed by atoms with Crippen LogP contribution in [0.4, 0.5) is 5.69 Å². The molecule has 1 aliphatic heterocycles. The average molecular weight is 507 g/mol. The lowest BCUT2D eigenvalue weighted by Crippen LogP contribution is -2.38. The summed E-state index contributed by atoms with van der Waals surface area (Å²) in [5.41, 5.74) is 3.72. The fraction of sp³-hybridized carbons (Fsp3) is 0.357. The van der Waals surface area contributed by atoms with Crippen molar-refractivity contribution in [3.63, 3.8) is 0 Å². The van der Waals surface area contributed by atoms with E-state index in [-0.39, 0.29) is 23.5 Å². The number of carbonyl (C=O) groups excluding carboxylic acids is 2. The predicted octanol–water partition coefficient (Wildman–Crippen LogP) is 4.96. The number of allylic oxidation sites excluding steroid dienone is 3. The van der Waals surface area contributed by atoms with Gasteiger partial charge in [0.1, 0.15) is 6.61 Å². The van der Waals surface area contributed by atoms with Crippen molar-refractivity contribution in [2.45, 2.75) is 46.1 Å². The van der Waals surface area contributed by atoms with Crippen molar-refractivity contribution in [1.29, 1.82) is 0 Å². The SMILES string of the molecule is COC(=O)C1=C(C)NC2=C(C(=O)CC(C)(C)C2)[C@@H]1c1ccc(OCc2ccc([N+](=O)[O-])cc2)c(OC)c1. The van der Waals surface area contributed by atoms with E-state index in [1.165, 1.54) is 26.4 Å². The minimum Gasteiger partial charge on any atom is -0.493 e. The average Bonchev–Trinajstić information content (AvgIpc) is 2.85. The topological polar surface area (TPSA) is 117 Å². The number of hydrogen-bond donors (Lipinski definition) is 1. The van der Waals surface area contributed by atoms with Crippen molar-refractivity contribution in [2.24, 2.45) is 5.41 Å². The van der Waals surface area contributed by atoms with Crippen molar-refractivity contribution in [1.82, 2.24) is 5.32 Å². The minimum absolute atomic E-state index is 0.00452. The number of nitro benzene ring substituents is 1. The molecule has 0 spiro atoms. The summed E-state index contributed by atoms with van der Waals surface area (Å²) in [7, 11) is 2.84. The number of hydrogen-bond acceptors (Lipinski definition) is 8. The summed E-state index contributed by atoms with van der Waals surface area (Å²) in [4.78, 5) is 36.7. The number of ketones is 1. The molecule has 0 saturated heterocycles. The van der Waals surface area contributed by atoms with Crippen LogP contribution in [-0.2, 0) is 20.9 Å². The van der Waals surface area contributed by atoms with E-state index in [0.29, 0.717) is 46.7 Å². The smallest absolute Gasteiger partial charge is 0.336 e. The number of nitro groups is 1. The highest BCUT2D eigenvalue weighted by Crippen LogP contribution is 2.47. The number of non-ortho nitro benzene ring substituents is 1. The first-order valence-electron chi connectivity index (χ1n) is 11.9. The van der Waals surface area contributed by atoms with Gasteiger partial charge in [0.05, 0.1) is 24.7 Å². The zero-order valence-corrected chi connectivity index (χ0v) is 21.5. The Morgan fingerprint density at radius 2 is 1.81 bits per heavy atom. The third kappa shape index (κ3) is 5.21. The summed E-state index contributed by atoms with van der Waals surface area (Å²) in [6.07, 6.45) is 1.06. The second-order valence-electron chi connectivity index (χ2n) is 10.0. The van der Waals surface area contributed by atoms with E-state index in [1.807, 2.05) is 13.0 Å². The Balaban J connectivity index is 1.69. The van der Waals surface area contributed by atoms with Crippen molar-refractivity contribution >= 4 is 17.4 Å². The Labute approximate surface area is 215 Å². The number of nitrogens with zero attached hydrogens (tertiary/aromatic N) is 1. The molecule has 0 unspecified atom stereocenters. The van der Waals surface area contributed by atoms with Gasteiger partial charge in [0, 0.05) is 41.4 Å². The molecule has 0 fully saturated rings. The largest absolute Gasteiger partial charge is 0.493 e. The van der Waals surface area contributed by atoms with E-state index in [9.17, 15) is 19.7 Å². The summed E-state index contributed by atoms with van der Waals surface area (Å²) >= 11 is 0. The van der Waals surface area contributed by atoms with Crippen LogP contribution >= 0.6 is 0 Å². The van der Waals surface area contributed by atoms with E-state index < -0.39 is 16.8 Å². The van der Waals surface area contributed by atoms with E-state index in [2.05, 4.69) is 19.2 Å². The Morgan fingerprint density at radius 1 is 1.11 bits per heavy atom. The number of methoxy groups -OCH3 is 2. The normalized spacial score (nSPS) is 18.6. The van der Waals surface area contributed by atoms with Crippen LogP contribution in [0.3, 0.4) is 0 Å².